The molecular weight excluding hydrogens is 1680 g/mol. The van der Waals surface area contributed by atoms with Crippen LogP contribution in [0.25, 0.3) is 0 Å². The molecule has 17 amide bonds. The Morgan fingerprint density at radius 2 is 0.764 bits per heavy atom. The SMILES string of the molecule is CSCC[C@H](NC(=O)[C@H](CCC(N)=O)NC(=O)[C@@H]1CCCN1C(=O)[C@H](CC(=O)O)NC(=O)[C@H](CC(C)C)NC(=O)[C@H](CC(C)C)NC(=O)[C@@H](NC(=O)[C@@H](N)C(C)C)[C@@H](C)O)C(=O)N[C@@H](CCC(=O)O)C(=O)N[C@@H](CCCN=C(N)N)C(=O)N[C@@H](CCC(N)=O)C(=O)N[C@@H](CC(C)C)C(=O)N[C@H](C(=O)N[C@@H](CC(C)C)C(=O)NCC(=O)N[C@@H](CC(C)C)C(=O)O)C(C)C. The van der Waals surface area contributed by atoms with Crippen molar-refractivity contribution < 1.29 is 116 Å². The van der Waals surface area contributed by atoms with Gasteiger partial charge in [-0.25, -0.2) is 4.79 Å². The molecule has 1 fully saturated rings. The molecule has 0 bridgehead atoms. The second-order valence-corrected chi connectivity index (χ2v) is 35.6. The van der Waals surface area contributed by atoms with Crippen molar-refractivity contribution in [3.05, 3.63) is 0 Å². The van der Waals surface area contributed by atoms with Crippen LogP contribution < -0.4 is 103 Å². The third-order valence-electron chi connectivity index (χ3n) is 20.0. The van der Waals surface area contributed by atoms with Crippen molar-refractivity contribution in [2.75, 3.05) is 31.6 Å². The van der Waals surface area contributed by atoms with Crippen LogP contribution in [0.1, 0.15) is 213 Å². The lowest BCUT2D eigenvalue weighted by atomic mass is 9.98. The lowest BCUT2D eigenvalue weighted by Gasteiger charge is -2.31. The zero-order valence-electron chi connectivity index (χ0n) is 75.8. The molecule has 46 heteroatoms. The first kappa shape index (κ1) is 114. The Balaban J connectivity index is 3.79. The number of carbonyl (C=O) groups excluding carboxylic acids is 17. The summed E-state index contributed by atoms with van der Waals surface area (Å²) in [7, 11) is 0. The molecule has 0 saturated carbocycles. The standard InChI is InChI=1S/C81H141N21O24S/c1-38(2)31-51(66(111)88-37-60(106)89-56(80(125)126)35-42(9)10)97-77(122)64(44(13)14)100-74(119)54(34-41(7)8)95-70(115)47(21-24-58(82)104)91-67(112)46(19-17-28-87-81(85)86)90-69(114)49(23-26-61(107)108)92-71(116)50(27-30-127-16)93-68(113)48(22-25-59(83)105)94-75(120)57-20-18-29-102(57)79(124)55(36-62(109)110)99-73(118)52(32-39(3)4)96-72(117)53(33-40(5)6)98-78(123)65(45(15)103)101-76(121)63(84)43(11)12/h38-57,63-65,103H,17-37,84H2,1-16H3,(H2,82,104)(H2,83,105)(H,88,111)(H,89,106)(H,90,114)(H,91,112)(H,92,116)(H,93,113)(H,94,120)(H,95,115)(H,96,117)(H,97,122)(H,98,123)(H,99,118)(H,100,119)(H,101,121)(H,107,108)(H,109,110)(H,125,126)(H4,85,86,87)/t45-,46+,47+,48+,49+,50+,51+,52+,53+,54+,55+,56+,57+,63+,64+,65+/m1/s1. The summed E-state index contributed by atoms with van der Waals surface area (Å²) in [6.07, 6.45) is -5.37. The summed E-state index contributed by atoms with van der Waals surface area (Å²) in [4.78, 5) is 279. The Kier molecular flexibility index (Phi) is 51.7. The number of carboxylic acid groups (broad SMARTS) is 3. The highest BCUT2D eigenvalue weighted by atomic mass is 32.2. The summed E-state index contributed by atoms with van der Waals surface area (Å²) in [6.45, 7) is 24.0. The van der Waals surface area contributed by atoms with E-state index in [4.69, 9.17) is 28.7 Å². The zero-order chi connectivity index (χ0) is 97.1. The smallest absolute Gasteiger partial charge is 0.326 e. The minimum Gasteiger partial charge on any atom is -0.481 e. The van der Waals surface area contributed by atoms with Gasteiger partial charge in [0.1, 0.15) is 84.6 Å². The van der Waals surface area contributed by atoms with Crippen LogP contribution in [-0.2, 0) is 95.9 Å². The maximum absolute atomic E-state index is 14.7. The molecule has 127 heavy (non-hydrogen) atoms. The summed E-state index contributed by atoms with van der Waals surface area (Å²) in [5.41, 5.74) is 28.2. The number of amides is 17. The lowest BCUT2D eigenvalue weighted by Crippen LogP contribution is -2.61. The first-order valence-corrected chi connectivity index (χ1v) is 44.2. The lowest BCUT2D eigenvalue weighted by molar-refractivity contribution is -0.146. The molecule has 1 rings (SSSR count). The van der Waals surface area contributed by atoms with Gasteiger partial charge in [0, 0.05) is 32.4 Å². The molecule has 0 spiro atoms. The minimum atomic E-state index is -1.91. The topological polar surface area (TPSA) is 736 Å². The molecule has 1 heterocycles. The largest absolute Gasteiger partial charge is 0.481 e. The molecule has 45 nitrogen and oxygen atoms in total. The van der Waals surface area contributed by atoms with E-state index in [1.807, 2.05) is 0 Å². The predicted molar refractivity (Wildman–Crippen MR) is 466 cm³/mol. The first-order chi connectivity index (χ1) is 59.1. The van der Waals surface area contributed by atoms with Gasteiger partial charge in [-0.1, -0.05) is 96.9 Å². The Bertz CT molecular complexity index is 3790. The number of aliphatic imine (C=N–C) groups is 1. The number of guanidine groups is 1. The molecule has 1 saturated heterocycles. The fourth-order valence-electron chi connectivity index (χ4n) is 13.3. The molecule has 0 aromatic rings. The summed E-state index contributed by atoms with van der Waals surface area (Å²) in [5, 5.41) is 75.1. The average Bonchev–Trinajstić information content (AvgIpc) is 1.74. The number of aliphatic hydroxyl groups excluding tert-OH is 1. The fraction of sp³-hybridized carbons (Fsp3) is 0.741. The van der Waals surface area contributed by atoms with Crippen molar-refractivity contribution in [2.45, 2.75) is 310 Å². The number of aliphatic carboxylic acids is 3. The van der Waals surface area contributed by atoms with Gasteiger partial charge >= 0.3 is 17.9 Å². The fourth-order valence-corrected chi connectivity index (χ4v) is 13.8. The van der Waals surface area contributed by atoms with Crippen molar-refractivity contribution in [3.8, 4) is 0 Å². The van der Waals surface area contributed by atoms with Crippen LogP contribution in [0.2, 0.25) is 0 Å². The predicted octanol–water partition coefficient (Wildman–Crippen LogP) is -4.59. The highest BCUT2D eigenvalue weighted by Crippen LogP contribution is 2.22. The first-order valence-electron chi connectivity index (χ1n) is 42.8. The number of likely N-dealkylation sites (tertiary alicyclic amines) is 1. The summed E-state index contributed by atoms with van der Waals surface area (Å²) in [6, 6.07) is -23.0. The van der Waals surface area contributed by atoms with E-state index < -0.39 is 272 Å². The number of thioether (sulfide) groups is 1. The molecule has 720 valence electrons. The average molecular weight is 1830 g/mol. The van der Waals surface area contributed by atoms with Crippen LogP contribution in [0.3, 0.4) is 0 Å². The van der Waals surface area contributed by atoms with Crippen molar-refractivity contribution in [1.82, 2.24) is 79.3 Å². The van der Waals surface area contributed by atoms with Crippen LogP contribution >= 0.6 is 11.8 Å². The molecule has 28 N–H and O–H groups in total. The van der Waals surface area contributed by atoms with Gasteiger partial charge < -0.3 is 128 Å². The van der Waals surface area contributed by atoms with E-state index in [9.17, 15) is 116 Å². The monoisotopic (exact) mass is 1820 g/mol. The maximum atomic E-state index is 14.7. The third-order valence-corrected chi connectivity index (χ3v) is 20.7. The van der Waals surface area contributed by atoms with E-state index in [1.165, 1.54) is 18.7 Å². The van der Waals surface area contributed by atoms with Gasteiger partial charge in [0.05, 0.1) is 25.1 Å². The van der Waals surface area contributed by atoms with Gasteiger partial charge in [0.2, 0.25) is 100 Å². The summed E-state index contributed by atoms with van der Waals surface area (Å²) < 4.78 is 0. The number of hydrogen-bond acceptors (Lipinski definition) is 24. The van der Waals surface area contributed by atoms with Crippen LogP contribution in [0.5, 0.6) is 0 Å². The van der Waals surface area contributed by atoms with Crippen LogP contribution in [0, 0.1) is 41.4 Å². The molecule has 0 aromatic carbocycles. The molecule has 0 radical (unpaired) electrons. The Morgan fingerprint density at radius 3 is 1.15 bits per heavy atom. The Labute approximate surface area is 745 Å². The number of rotatable bonds is 61. The highest BCUT2D eigenvalue weighted by molar-refractivity contribution is 7.98. The molecular formula is C81H141N21O24S. The van der Waals surface area contributed by atoms with Crippen LogP contribution in [0.4, 0.5) is 0 Å². The molecule has 0 aliphatic carbocycles. The Morgan fingerprint density at radius 1 is 0.402 bits per heavy atom. The van der Waals surface area contributed by atoms with Crippen molar-refractivity contribution in [3.63, 3.8) is 0 Å². The van der Waals surface area contributed by atoms with E-state index in [0.717, 1.165) is 4.90 Å². The van der Waals surface area contributed by atoms with E-state index in [2.05, 4.69) is 79.4 Å². The number of nitrogens with two attached hydrogens (primary N) is 5. The molecule has 0 unspecified atom stereocenters. The van der Waals surface area contributed by atoms with Gasteiger partial charge in [0.25, 0.3) is 0 Å². The number of primary amides is 2. The second kappa shape index (κ2) is 57.6. The number of nitrogens with zero attached hydrogens (tertiary/aromatic N) is 2. The number of nitrogens with one attached hydrogen (secondary N) is 14. The minimum absolute atomic E-state index is 0.0297. The number of carboxylic acids is 3. The number of carbonyl (C=O) groups is 20. The van der Waals surface area contributed by atoms with Gasteiger partial charge in [-0.3, -0.25) is 96.1 Å². The maximum Gasteiger partial charge on any atom is 0.326 e. The van der Waals surface area contributed by atoms with Crippen molar-refractivity contribution >= 4 is 136 Å². The van der Waals surface area contributed by atoms with E-state index in [1.54, 1.807) is 103 Å². The quantitative estimate of drug-likeness (QED) is 0.0155. The molecule has 0 aromatic heterocycles. The van der Waals surface area contributed by atoms with E-state index in [-0.39, 0.29) is 125 Å². The third kappa shape index (κ3) is 44.3. The van der Waals surface area contributed by atoms with E-state index >= 15 is 0 Å². The summed E-state index contributed by atoms with van der Waals surface area (Å²) >= 11 is 1.18. The number of hydrogen-bond donors (Lipinski definition) is 23. The van der Waals surface area contributed by atoms with Gasteiger partial charge in [-0.05, 0) is 144 Å². The van der Waals surface area contributed by atoms with Gasteiger partial charge in [0.15, 0.2) is 5.96 Å². The second-order valence-electron chi connectivity index (χ2n) is 34.6. The zero-order valence-corrected chi connectivity index (χ0v) is 76.6. The molecule has 1 aliphatic rings. The van der Waals surface area contributed by atoms with Crippen molar-refractivity contribution in [2.24, 2.45) is 75.1 Å². The van der Waals surface area contributed by atoms with Crippen LogP contribution in [0.15, 0.2) is 4.99 Å². The van der Waals surface area contributed by atoms with Crippen molar-refractivity contribution in [1.29, 1.82) is 0 Å². The number of aliphatic hydroxyl groups is 1. The van der Waals surface area contributed by atoms with E-state index in [0.29, 0.717) is 0 Å². The highest BCUT2D eigenvalue weighted by Gasteiger charge is 2.43. The Hall–Kier alpha value is -11.1. The summed E-state index contributed by atoms with van der Waals surface area (Å²) in [5.74, 6) is -23.7. The van der Waals surface area contributed by atoms with Crippen LogP contribution in [-0.4, -0.2) is 278 Å². The van der Waals surface area contributed by atoms with Gasteiger partial charge in [-0.2, -0.15) is 11.8 Å². The molecule has 16 atom stereocenters. The molecule has 1 aliphatic heterocycles. The van der Waals surface area contributed by atoms with Gasteiger partial charge in [-0.15, -0.1) is 0 Å². The normalized spacial score (nSPS) is 16.1.